The summed E-state index contributed by atoms with van der Waals surface area (Å²) in [7, 11) is 0. The van der Waals surface area contributed by atoms with Crippen molar-refractivity contribution in [2.24, 2.45) is 0 Å². The number of furan rings is 1. The topological polar surface area (TPSA) is 61.0 Å². The van der Waals surface area contributed by atoms with Crippen LogP contribution in [-0.2, 0) is 0 Å². The maximum absolute atomic E-state index is 6.81. The van der Waals surface area contributed by atoms with E-state index in [9.17, 15) is 0 Å². The lowest BCUT2D eigenvalue weighted by atomic mass is 9.78. The number of allylic oxidation sites excluding steroid dienone is 2. The van der Waals surface area contributed by atoms with Crippen molar-refractivity contribution in [1.29, 1.82) is 0 Å². The Morgan fingerprint density at radius 3 is 1.98 bits per heavy atom. The normalized spacial score (nSPS) is 16.5. The molecule has 0 spiro atoms. The molecule has 2 unspecified atom stereocenters. The zero-order chi connectivity index (χ0) is 34.2. The number of fused-ring (bicyclic) bond motifs is 9. The monoisotopic (exact) mass is 667 g/mol. The maximum atomic E-state index is 6.81. The van der Waals surface area contributed by atoms with E-state index in [-0.39, 0.29) is 12.0 Å². The van der Waals surface area contributed by atoms with Crippen molar-refractivity contribution in [1.82, 2.24) is 15.0 Å². The lowest BCUT2D eigenvalue weighted by molar-refractivity contribution is 0.281. The van der Waals surface area contributed by atoms with Gasteiger partial charge in [-0.2, -0.15) is 0 Å². The van der Waals surface area contributed by atoms with E-state index in [2.05, 4.69) is 121 Å². The lowest BCUT2D eigenvalue weighted by Gasteiger charge is -2.27. The molecular weight excluding hydrogens is 639 g/mol. The van der Waals surface area contributed by atoms with Crippen LogP contribution in [0.1, 0.15) is 22.9 Å². The second-order valence-corrected chi connectivity index (χ2v) is 13.5. The van der Waals surface area contributed by atoms with Gasteiger partial charge in [0.05, 0.1) is 5.92 Å². The standard InChI is InChI=1S/C47H29N3O2/c1-2-11-30(12-3-1)45-48-46(32-21-20-29-19-18-28-10-4-5-13-33(28)39(29)26-32)50-47(49-45)38-25-24-34(44-43(38)37-15-7-9-17-41(37)52-44)31-22-23-36-35-14-6-8-16-40(35)51-42(36)27-31/h1-27,43-44H. The molecule has 3 heterocycles. The number of nitrogens with zero attached hydrogens (tertiary/aromatic N) is 3. The minimum absolute atomic E-state index is 0.123. The van der Waals surface area contributed by atoms with Crippen LogP contribution in [0.5, 0.6) is 5.75 Å². The average molecular weight is 668 g/mol. The summed E-state index contributed by atoms with van der Waals surface area (Å²) in [5.41, 5.74) is 7.89. The molecule has 0 fully saturated rings. The van der Waals surface area contributed by atoms with Crippen molar-refractivity contribution in [3.05, 3.63) is 181 Å². The van der Waals surface area contributed by atoms with E-state index in [1.165, 1.54) is 21.5 Å². The molecule has 0 amide bonds. The molecule has 2 aliphatic rings. The first kappa shape index (κ1) is 28.9. The van der Waals surface area contributed by atoms with E-state index in [1.54, 1.807) is 0 Å². The van der Waals surface area contributed by atoms with Gasteiger partial charge < -0.3 is 9.15 Å². The molecule has 0 saturated carbocycles. The number of para-hydroxylation sites is 2. The van der Waals surface area contributed by atoms with E-state index < -0.39 is 0 Å². The Morgan fingerprint density at radius 2 is 1.08 bits per heavy atom. The van der Waals surface area contributed by atoms with Gasteiger partial charge in [0.25, 0.3) is 0 Å². The molecule has 7 aromatic carbocycles. The van der Waals surface area contributed by atoms with E-state index in [4.69, 9.17) is 24.1 Å². The Bertz CT molecular complexity index is 2960. The van der Waals surface area contributed by atoms with Gasteiger partial charge in [-0.05, 0) is 57.4 Å². The molecule has 2 atom stereocenters. The predicted molar refractivity (Wildman–Crippen MR) is 209 cm³/mol. The Morgan fingerprint density at radius 1 is 0.423 bits per heavy atom. The summed E-state index contributed by atoms with van der Waals surface area (Å²) in [5.74, 6) is 2.66. The fraction of sp³-hybridized carbons (Fsp3) is 0.0426. The van der Waals surface area contributed by atoms with Gasteiger partial charge in [-0.25, -0.2) is 15.0 Å². The molecule has 0 bridgehead atoms. The fourth-order valence-corrected chi connectivity index (χ4v) is 8.04. The van der Waals surface area contributed by atoms with Crippen molar-refractivity contribution in [2.45, 2.75) is 12.0 Å². The van der Waals surface area contributed by atoms with Gasteiger partial charge in [0.15, 0.2) is 17.5 Å². The molecule has 5 nitrogen and oxygen atoms in total. The van der Waals surface area contributed by atoms with Crippen LogP contribution in [0.2, 0.25) is 0 Å². The number of benzene rings is 7. The van der Waals surface area contributed by atoms with Gasteiger partial charge >= 0.3 is 0 Å². The van der Waals surface area contributed by atoms with Crippen molar-refractivity contribution >= 4 is 54.6 Å². The minimum Gasteiger partial charge on any atom is -0.484 e. The third-order valence-electron chi connectivity index (χ3n) is 10.5. The van der Waals surface area contributed by atoms with Gasteiger partial charge in [-0.1, -0.05) is 133 Å². The maximum Gasteiger partial charge on any atom is 0.164 e. The summed E-state index contributed by atoms with van der Waals surface area (Å²) >= 11 is 0. The number of ether oxygens (including phenoxy) is 1. The zero-order valence-corrected chi connectivity index (χ0v) is 27.9. The average Bonchev–Trinajstić information content (AvgIpc) is 3.79. The summed E-state index contributed by atoms with van der Waals surface area (Å²) in [6.07, 6.45) is 4.07. The van der Waals surface area contributed by atoms with Crippen LogP contribution < -0.4 is 4.74 Å². The number of rotatable bonds is 4. The molecular formula is C47H29N3O2. The summed E-state index contributed by atoms with van der Waals surface area (Å²) in [6.45, 7) is 0. The van der Waals surface area contributed by atoms with Gasteiger partial charge in [0.2, 0.25) is 0 Å². The smallest absolute Gasteiger partial charge is 0.164 e. The molecule has 0 N–H and O–H groups in total. The summed E-state index contributed by atoms with van der Waals surface area (Å²) in [5, 5.41) is 6.97. The third kappa shape index (κ3) is 4.53. The predicted octanol–water partition coefficient (Wildman–Crippen LogP) is 11.4. The first-order valence-corrected chi connectivity index (χ1v) is 17.6. The van der Waals surface area contributed by atoms with Gasteiger partial charge in [-0.15, -0.1) is 0 Å². The second-order valence-electron chi connectivity index (χ2n) is 13.5. The highest BCUT2D eigenvalue weighted by Gasteiger charge is 2.42. The van der Waals surface area contributed by atoms with Crippen molar-refractivity contribution in [3.8, 4) is 28.5 Å². The molecule has 9 aromatic rings. The molecule has 2 aromatic heterocycles. The largest absolute Gasteiger partial charge is 0.484 e. The van der Waals surface area contributed by atoms with Crippen LogP contribution in [-0.4, -0.2) is 21.1 Å². The van der Waals surface area contributed by atoms with Gasteiger partial charge in [-0.3, -0.25) is 0 Å². The van der Waals surface area contributed by atoms with E-state index in [0.717, 1.165) is 61.1 Å². The Hall–Kier alpha value is -6.85. The molecule has 52 heavy (non-hydrogen) atoms. The van der Waals surface area contributed by atoms with E-state index in [0.29, 0.717) is 17.5 Å². The summed E-state index contributed by atoms with van der Waals surface area (Å²) in [4.78, 5) is 15.5. The highest BCUT2D eigenvalue weighted by molar-refractivity contribution is 6.09. The highest BCUT2D eigenvalue weighted by atomic mass is 16.5. The van der Waals surface area contributed by atoms with Crippen LogP contribution in [0.25, 0.3) is 77.4 Å². The first-order chi connectivity index (χ1) is 25.7. The van der Waals surface area contributed by atoms with Crippen molar-refractivity contribution in [2.75, 3.05) is 0 Å². The fourth-order valence-electron chi connectivity index (χ4n) is 8.04. The van der Waals surface area contributed by atoms with Gasteiger partial charge in [0, 0.05) is 38.6 Å². The molecule has 5 heteroatoms. The summed E-state index contributed by atoms with van der Waals surface area (Å²) in [6, 6.07) is 52.5. The highest BCUT2D eigenvalue weighted by Crippen LogP contribution is 2.51. The minimum atomic E-state index is -0.272. The quantitative estimate of drug-likeness (QED) is 0.175. The molecule has 244 valence electrons. The van der Waals surface area contributed by atoms with Crippen molar-refractivity contribution < 1.29 is 9.15 Å². The number of aromatic nitrogens is 3. The number of hydrogen-bond acceptors (Lipinski definition) is 5. The lowest BCUT2D eigenvalue weighted by Crippen LogP contribution is -2.25. The van der Waals surface area contributed by atoms with Gasteiger partial charge in [0.1, 0.15) is 23.0 Å². The van der Waals surface area contributed by atoms with Crippen LogP contribution in [0.3, 0.4) is 0 Å². The molecule has 0 saturated heterocycles. The van der Waals surface area contributed by atoms with Crippen LogP contribution in [0, 0.1) is 0 Å². The zero-order valence-electron chi connectivity index (χ0n) is 27.9. The van der Waals surface area contributed by atoms with Crippen molar-refractivity contribution in [3.63, 3.8) is 0 Å². The molecule has 1 aliphatic heterocycles. The van der Waals surface area contributed by atoms with Crippen LogP contribution in [0.15, 0.2) is 168 Å². The Labute approximate surface area is 299 Å². The molecule has 1 aliphatic carbocycles. The van der Waals surface area contributed by atoms with Crippen LogP contribution >= 0.6 is 0 Å². The summed E-state index contributed by atoms with van der Waals surface area (Å²) < 4.78 is 13.1. The number of hydrogen-bond donors (Lipinski definition) is 0. The Balaban J connectivity index is 1.10. The Kier molecular flexibility index (Phi) is 6.31. The first-order valence-electron chi connectivity index (χ1n) is 17.6. The van der Waals surface area contributed by atoms with Crippen LogP contribution in [0.4, 0.5) is 0 Å². The SMILES string of the molecule is C1=C(c2ccc3c(c2)oc2ccccc23)C2Oc3ccccc3C2C(c2nc(-c3ccccc3)nc(-c3ccc4ccc5ccccc5c4c3)n2)=C1. The molecule has 11 rings (SSSR count). The molecule has 0 radical (unpaired) electrons. The van der Waals surface area contributed by atoms with E-state index >= 15 is 0 Å². The third-order valence-corrected chi connectivity index (χ3v) is 10.5. The van der Waals surface area contributed by atoms with E-state index in [1.807, 2.05) is 42.5 Å². The second kappa shape index (κ2) is 11.3.